The van der Waals surface area contributed by atoms with Crippen LogP contribution in [0.4, 0.5) is 0 Å². The smallest absolute Gasteiger partial charge is 0.188 e. The SMILES string of the molecule is CCc1ccc(S(=O)(=O)C2CCC(=O)CC2=O)cc1. The van der Waals surface area contributed by atoms with Crippen molar-refractivity contribution < 1.29 is 18.0 Å². The second-order valence-corrected chi connectivity index (χ2v) is 6.88. The molecule has 0 saturated heterocycles. The van der Waals surface area contributed by atoms with E-state index in [1.54, 1.807) is 12.1 Å². The van der Waals surface area contributed by atoms with Crippen molar-refractivity contribution in [3.63, 3.8) is 0 Å². The van der Waals surface area contributed by atoms with Gasteiger partial charge in [-0.3, -0.25) is 9.59 Å². The van der Waals surface area contributed by atoms with E-state index >= 15 is 0 Å². The van der Waals surface area contributed by atoms with Crippen LogP contribution in [0.15, 0.2) is 29.2 Å². The Morgan fingerprint density at radius 3 is 2.32 bits per heavy atom. The Hall–Kier alpha value is -1.49. The maximum absolute atomic E-state index is 12.4. The van der Waals surface area contributed by atoms with Crippen LogP contribution >= 0.6 is 0 Å². The van der Waals surface area contributed by atoms with Gasteiger partial charge in [0.1, 0.15) is 11.0 Å². The number of rotatable bonds is 3. The molecular weight excluding hydrogens is 264 g/mol. The summed E-state index contributed by atoms with van der Waals surface area (Å²) < 4.78 is 24.7. The number of aryl methyl sites for hydroxylation is 1. The third-order valence-electron chi connectivity index (χ3n) is 3.45. The molecule has 0 radical (unpaired) electrons. The van der Waals surface area contributed by atoms with E-state index in [9.17, 15) is 18.0 Å². The highest BCUT2D eigenvalue weighted by molar-refractivity contribution is 7.92. The number of ketones is 2. The Kier molecular flexibility index (Phi) is 3.85. The third kappa shape index (κ3) is 2.76. The van der Waals surface area contributed by atoms with Gasteiger partial charge in [-0.25, -0.2) is 8.42 Å². The minimum Gasteiger partial charge on any atom is -0.299 e. The average molecular weight is 280 g/mol. The van der Waals surface area contributed by atoms with E-state index in [2.05, 4.69) is 0 Å². The summed E-state index contributed by atoms with van der Waals surface area (Å²) in [6.45, 7) is 1.99. The molecule has 1 aromatic rings. The number of sulfone groups is 1. The Labute approximate surface area is 112 Å². The van der Waals surface area contributed by atoms with Crippen LogP contribution < -0.4 is 0 Å². The fraction of sp³-hybridized carbons (Fsp3) is 0.429. The number of benzene rings is 1. The molecule has 1 aliphatic rings. The van der Waals surface area contributed by atoms with E-state index in [-0.39, 0.29) is 29.9 Å². The highest BCUT2D eigenvalue weighted by atomic mass is 32.2. The number of hydrogen-bond donors (Lipinski definition) is 0. The Balaban J connectivity index is 2.31. The summed E-state index contributed by atoms with van der Waals surface area (Å²) in [5.41, 5.74) is 1.05. The largest absolute Gasteiger partial charge is 0.299 e. The zero-order chi connectivity index (χ0) is 14.0. The van der Waals surface area contributed by atoms with Crippen LogP contribution in [0.5, 0.6) is 0 Å². The molecule has 102 valence electrons. The van der Waals surface area contributed by atoms with Crippen molar-refractivity contribution in [1.82, 2.24) is 0 Å². The second-order valence-electron chi connectivity index (χ2n) is 4.75. The van der Waals surface area contributed by atoms with Gasteiger partial charge in [-0.05, 0) is 30.5 Å². The van der Waals surface area contributed by atoms with Crippen molar-refractivity contribution in [3.05, 3.63) is 29.8 Å². The number of Topliss-reactive ketones (excluding diaryl/α,β-unsaturated/α-hetero) is 2. The normalized spacial score (nSPS) is 20.6. The van der Waals surface area contributed by atoms with Gasteiger partial charge in [0.25, 0.3) is 0 Å². The van der Waals surface area contributed by atoms with Crippen LogP contribution in [0.25, 0.3) is 0 Å². The average Bonchev–Trinajstić information content (AvgIpc) is 2.38. The molecule has 1 unspecified atom stereocenters. The van der Waals surface area contributed by atoms with E-state index in [1.165, 1.54) is 12.1 Å². The quantitative estimate of drug-likeness (QED) is 0.790. The molecule has 1 saturated carbocycles. The summed E-state index contributed by atoms with van der Waals surface area (Å²) in [5, 5.41) is -1.06. The first kappa shape index (κ1) is 13.9. The summed E-state index contributed by atoms with van der Waals surface area (Å²) in [5.74, 6) is -0.645. The molecule has 2 rings (SSSR count). The molecule has 19 heavy (non-hydrogen) atoms. The fourth-order valence-corrected chi connectivity index (χ4v) is 3.96. The topological polar surface area (TPSA) is 68.3 Å². The van der Waals surface area contributed by atoms with Gasteiger partial charge in [0.2, 0.25) is 0 Å². The van der Waals surface area contributed by atoms with Gasteiger partial charge >= 0.3 is 0 Å². The van der Waals surface area contributed by atoms with Crippen LogP contribution in [0.1, 0.15) is 31.7 Å². The van der Waals surface area contributed by atoms with E-state index < -0.39 is 20.9 Å². The molecule has 0 spiro atoms. The molecule has 1 aliphatic carbocycles. The van der Waals surface area contributed by atoms with Gasteiger partial charge in [-0.15, -0.1) is 0 Å². The van der Waals surface area contributed by atoms with Gasteiger partial charge in [0.15, 0.2) is 15.6 Å². The van der Waals surface area contributed by atoms with Gasteiger partial charge in [-0.2, -0.15) is 0 Å². The second kappa shape index (κ2) is 5.25. The summed E-state index contributed by atoms with van der Waals surface area (Å²) in [6, 6.07) is 6.59. The van der Waals surface area contributed by atoms with E-state index in [4.69, 9.17) is 0 Å². The number of hydrogen-bond acceptors (Lipinski definition) is 4. The first-order valence-electron chi connectivity index (χ1n) is 6.32. The molecule has 4 nitrogen and oxygen atoms in total. The minimum atomic E-state index is -3.66. The molecule has 0 heterocycles. The first-order chi connectivity index (χ1) is 8.95. The molecule has 0 N–H and O–H groups in total. The van der Waals surface area contributed by atoms with Crippen molar-refractivity contribution in [2.75, 3.05) is 0 Å². The summed E-state index contributed by atoms with van der Waals surface area (Å²) in [4.78, 5) is 23.1. The van der Waals surface area contributed by atoms with Crippen molar-refractivity contribution >= 4 is 21.4 Å². The van der Waals surface area contributed by atoms with E-state index in [0.29, 0.717) is 0 Å². The highest BCUT2D eigenvalue weighted by Crippen LogP contribution is 2.25. The molecule has 0 aliphatic heterocycles. The molecule has 0 aromatic heterocycles. The molecule has 1 atom stereocenters. The third-order valence-corrected chi connectivity index (χ3v) is 5.63. The maximum atomic E-state index is 12.4. The first-order valence-corrected chi connectivity index (χ1v) is 7.87. The number of carbonyl (C=O) groups is 2. The van der Waals surface area contributed by atoms with Crippen molar-refractivity contribution in [1.29, 1.82) is 0 Å². The van der Waals surface area contributed by atoms with Crippen LogP contribution in [0.3, 0.4) is 0 Å². The van der Waals surface area contributed by atoms with E-state index in [0.717, 1.165) is 12.0 Å². The summed E-state index contributed by atoms with van der Waals surface area (Å²) in [7, 11) is -3.66. The summed E-state index contributed by atoms with van der Waals surface area (Å²) >= 11 is 0. The standard InChI is InChI=1S/C14H16O4S/c1-2-10-3-6-12(7-4-10)19(17,18)14-8-5-11(15)9-13(14)16/h3-4,6-7,14H,2,5,8-9H2,1H3. The van der Waals surface area contributed by atoms with Crippen molar-refractivity contribution in [2.24, 2.45) is 0 Å². The molecular formula is C14H16O4S. The van der Waals surface area contributed by atoms with Gasteiger partial charge in [-0.1, -0.05) is 19.1 Å². The molecule has 1 fully saturated rings. The molecule has 1 aromatic carbocycles. The van der Waals surface area contributed by atoms with Crippen LogP contribution in [0, 0.1) is 0 Å². The monoisotopic (exact) mass is 280 g/mol. The fourth-order valence-electron chi connectivity index (χ4n) is 2.26. The highest BCUT2D eigenvalue weighted by Gasteiger charge is 2.37. The Morgan fingerprint density at radius 2 is 1.79 bits per heavy atom. The lowest BCUT2D eigenvalue weighted by molar-refractivity contribution is -0.129. The zero-order valence-corrected chi connectivity index (χ0v) is 11.6. The summed E-state index contributed by atoms with van der Waals surface area (Å²) in [6.07, 6.45) is 0.854. The Morgan fingerprint density at radius 1 is 1.16 bits per heavy atom. The minimum absolute atomic E-state index is 0.107. The molecule has 0 amide bonds. The lowest BCUT2D eigenvalue weighted by atomic mass is 9.98. The van der Waals surface area contributed by atoms with Crippen LogP contribution in [-0.2, 0) is 25.8 Å². The van der Waals surface area contributed by atoms with Gasteiger partial charge < -0.3 is 0 Å². The van der Waals surface area contributed by atoms with Crippen molar-refractivity contribution in [3.8, 4) is 0 Å². The predicted octanol–water partition coefficient (Wildman–Crippen LogP) is 1.71. The lowest BCUT2D eigenvalue weighted by Gasteiger charge is -2.20. The predicted molar refractivity (Wildman–Crippen MR) is 70.7 cm³/mol. The molecule has 5 heteroatoms. The van der Waals surface area contributed by atoms with Crippen molar-refractivity contribution in [2.45, 2.75) is 42.8 Å². The Bertz CT molecular complexity index is 599. The van der Waals surface area contributed by atoms with Gasteiger partial charge in [0, 0.05) is 6.42 Å². The lowest BCUT2D eigenvalue weighted by Crippen LogP contribution is -2.36. The number of carbonyl (C=O) groups excluding carboxylic acids is 2. The van der Waals surface area contributed by atoms with Crippen LogP contribution in [-0.4, -0.2) is 25.2 Å². The zero-order valence-electron chi connectivity index (χ0n) is 10.8. The van der Waals surface area contributed by atoms with E-state index in [1.807, 2.05) is 6.92 Å². The molecule has 0 bridgehead atoms. The van der Waals surface area contributed by atoms with Crippen LogP contribution in [0.2, 0.25) is 0 Å². The maximum Gasteiger partial charge on any atom is 0.188 e. The van der Waals surface area contributed by atoms with Gasteiger partial charge in [0.05, 0.1) is 11.3 Å².